The lowest BCUT2D eigenvalue weighted by atomic mass is 9.86. The number of nitrogens with zero attached hydrogens (tertiary/aromatic N) is 6. The van der Waals surface area contributed by atoms with Crippen molar-refractivity contribution in [3.8, 4) is 0 Å². The molecule has 4 N–H and O–H groups in total. The molecule has 0 radical (unpaired) electrons. The fraction of sp³-hybridized carbons (Fsp3) is 0.312. The van der Waals surface area contributed by atoms with Gasteiger partial charge in [0.25, 0.3) is 11.8 Å². The van der Waals surface area contributed by atoms with Crippen molar-refractivity contribution in [3.05, 3.63) is 37.7 Å². The molecule has 3 atom stereocenters. The monoisotopic (exact) mass is 530 g/mol. The Morgan fingerprint density at radius 3 is 2.79 bits per heavy atom. The quantitative estimate of drug-likeness (QED) is 0.347. The Morgan fingerprint density at radius 2 is 2.18 bits per heavy atom. The van der Waals surface area contributed by atoms with Crippen molar-refractivity contribution in [1.82, 2.24) is 29.8 Å². The number of nitrogens with one attached hydrogen (secondary N) is 1. The second-order valence-corrected chi connectivity index (χ2v) is 9.44. The van der Waals surface area contributed by atoms with E-state index in [9.17, 15) is 24.4 Å². The van der Waals surface area contributed by atoms with Gasteiger partial charge in [-0.15, -0.1) is 10.0 Å². The number of nitroso groups, excluding NO2 is 1. The second kappa shape index (κ2) is 9.17. The summed E-state index contributed by atoms with van der Waals surface area (Å²) in [4.78, 5) is 54.0. The van der Waals surface area contributed by atoms with Crippen molar-refractivity contribution in [2.24, 2.45) is 5.18 Å². The van der Waals surface area contributed by atoms with Gasteiger partial charge in [0.2, 0.25) is 6.04 Å². The lowest BCUT2D eigenvalue weighted by Gasteiger charge is -2.50. The van der Waals surface area contributed by atoms with Gasteiger partial charge in [-0.1, -0.05) is 35.0 Å². The van der Waals surface area contributed by atoms with Crippen molar-refractivity contribution in [1.29, 1.82) is 0 Å². The predicted octanol–water partition coefficient (Wildman–Crippen LogP) is 1.60. The molecule has 2 aliphatic rings. The minimum atomic E-state index is -1.59. The second-order valence-electron chi connectivity index (χ2n) is 6.79. The zero-order valence-electron chi connectivity index (χ0n) is 16.1. The summed E-state index contributed by atoms with van der Waals surface area (Å²) in [5, 5.41) is 22.5. The minimum absolute atomic E-state index is 0.00405. The summed E-state index contributed by atoms with van der Waals surface area (Å²) in [6.45, 7) is 0. The number of amides is 2. The Morgan fingerprint density at radius 1 is 1.42 bits per heavy atom. The molecule has 0 bridgehead atoms. The van der Waals surface area contributed by atoms with Gasteiger partial charge in [-0.05, 0) is 18.0 Å². The molecule has 0 spiro atoms. The molecule has 33 heavy (non-hydrogen) atoms. The molecule has 2 unspecified atom stereocenters. The predicted molar refractivity (Wildman–Crippen MR) is 117 cm³/mol. The molecule has 2 amide bonds. The first-order valence-electron chi connectivity index (χ1n) is 9.08. The molecule has 2 aromatic rings. The Kier molecular flexibility index (Phi) is 6.47. The molecule has 0 aliphatic carbocycles. The van der Waals surface area contributed by atoms with Crippen LogP contribution in [0.3, 0.4) is 0 Å². The normalized spacial score (nSPS) is 20.7. The number of fused-ring (bicyclic) bond motifs is 1. The van der Waals surface area contributed by atoms with E-state index in [0.29, 0.717) is 16.2 Å². The summed E-state index contributed by atoms with van der Waals surface area (Å²) in [6.07, 6.45) is 1.87. The van der Waals surface area contributed by atoms with Crippen molar-refractivity contribution in [2.45, 2.75) is 35.9 Å². The number of halogens is 2. The van der Waals surface area contributed by atoms with E-state index in [4.69, 9.17) is 28.9 Å². The van der Waals surface area contributed by atoms with E-state index in [1.165, 1.54) is 6.20 Å². The maximum absolute atomic E-state index is 12.8. The van der Waals surface area contributed by atoms with Gasteiger partial charge in [-0.3, -0.25) is 14.5 Å². The van der Waals surface area contributed by atoms with Gasteiger partial charge < -0.3 is 16.2 Å². The third-order valence-electron chi connectivity index (χ3n) is 4.89. The van der Waals surface area contributed by atoms with E-state index in [1.807, 2.05) is 0 Å². The highest BCUT2D eigenvalue weighted by atomic mass is 35.5. The number of aromatic nitrogens is 4. The number of anilines is 1. The molecule has 2 aromatic heterocycles. The number of carbonyl (C=O) groups is 3. The fourth-order valence-corrected chi connectivity index (χ4v) is 5.52. The van der Waals surface area contributed by atoms with Crippen LogP contribution in [0.4, 0.5) is 5.13 Å². The zero-order chi connectivity index (χ0) is 23.9. The molecule has 13 nitrogen and oxygen atoms in total. The Labute approximate surface area is 202 Å². The maximum Gasteiger partial charge on any atom is 0.353 e. The molecule has 1 fully saturated rings. The van der Waals surface area contributed by atoms with Crippen LogP contribution < -0.4 is 11.1 Å². The zero-order valence-corrected chi connectivity index (χ0v) is 19.3. The van der Waals surface area contributed by atoms with Crippen LogP contribution in [-0.2, 0) is 14.4 Å². The van der Waals surface area contributed by atoms with Crippen LogP contribution in [-0.4, -0.2) is 59.4 Å². The van der Waals surface area contributed by atoms with E-state index in [2.05, 4.69) is 30.0 Å². The summed E-state index contributed by atoms with van der Waals surface area (Å²) in [6, 6.07) is -3.25. The van der Waals surface area contributed by atoms with Crippen LogP contribution in [0.2, 0.25) is 10.2 Å². The van der Waals surface area contributed by atoms with Crippen molar-refractivity contribution in [2.75, 3.05) is 5.73 Å². The molecule has 2 aliphatic heterocycles. The molecule has 172 valence electrons. The molecule has 4 rings (SSSR count). The topological polar surface area (TPSA) is 194 Å². The lowest BCUT2D eigenvalue weighted by Crippen LogP contribution is -2.71. The molecular formula is C16H12Cl2N8O5S2. The average Bonchev–Trinajstić information content (AvgIpc) is 3.20. The number of hydrogen-bond acceptors (Lipinski definition) is 12. The van der Waals surface area contributed by atoms with Gasteiger partial charge in [-0.25, -0.2) is 9.78 Å². The van der Waals surface area contributed by atoms with Crippen LogP contribution in [0.5, 0.6) is 0 Å². The highest BCUT2D eigenvalue weighted by Crippen LogP contribution is 2.45. The van der Waals surface area contributed by atoms with Crippen molar-refractivity contribution < 1.29 is 19.5 Å². The first-order chi connectivity index (χ1) is 15.7. The van der Waals surface area contributed by atoms with E-state index in [-0.39, 0.29) is 33.2 Å². The smallest absolute Gasteiger partial charge is 0.353 e. The van der Waals surface area contributed by atoms with Crippen LogP contribution in [0, 0.1) is 4.91 Å². The number of nitrogen functional groups attached to an aromatic ring is 1. The molecular weight excluding hydrogens is 519 g/mol. The van der Waals surface area contributed by atoms with Crippen molar-refractivity contribution in [3.63, 3.8) is 0 Å². The minimum Gasteiger partial charge on any atom is -0.477 e. The number of allylic oxidation sites excluding steroid dienone is 1. The number of carboxylic acid groups (broad SMARTS) is 1. The van der Waals surface area contributed by atoms with Crippen LogP contribution in [0.15, 0.2) is 26.9 Å². The SMILES string of the molecule is Nc1nc(C(N=O)C(=O)N[C@@H]2C(=O)N3C(C(=O)O)=C(Sc4c(Cl)cnnc4Cl)CCC23)ns1. The van der Waals surface area contributed by atoms with Crippen molar-refractivity contribution >= 4 is 69.4 Å². The van der Waals surface area contributed by atoms with Gasteiger partial charge in [0.1, 0.15) is 11.7 Å². The molecule has 4 heterocycles. The molecule has 1 saturated heterocycles. The van der Waals surface area contributed by atoms with E-state index in [1.54, 1.807) is 0 Å². The summed E-state index contributed by atoms with van der Waals surface area (Å²) in [5.41, 5.74) is 5.23. The highest BCUT2D eigenvalue weighted by molar-refractivity contribution is 8.03. The summed E-state index contributed by atoms with van der Waals surface area (Å²) in [5.74, 6) is -3.04. The van der Waals surface area contributed by atoms with E-state index < -0.39 is 35.9 Å². The van der Waals surface area contributed by atoms with E-state index in [0.717, 1.165) is 28.2 Å². The number of nitrogens with two attached hydrogens (primary N) is 1. The molecule has 0 saturated carbocycles. The Hall–Kier alpha value is -2.88. The summed E-state index contributed by atoms with van der Waals surface area (Å²) in [7, 11) is 0. The Bertz CT molecular complexity index is 1190. The summed E-state index contributed by atoms with van der Waals surface area (Å²) < 4.78 is 3.80. The number of carbonyl (C=O) groups excluding carboxylic acids is 2. The number of carboxylic acids is 1. The fourth-order valence-electron chi connectivity index (χ4n) is 3.48. The first kappa shape index (κ1) is 23.3. The first-order valence-corrected chi connectivity index (χ1v) is 11.4. The standard InChI is InChI=1S/C16H12Cl2N8O5S2/c17-4-3-20-23-11(18)10(4)32-6-2-1-5-7(14(28)26(5)9(6)15(29)30)21-13(27)8(24-31)12-22-16(19)33-25-12/h3,5,7-8H,1-2H2,(H,21,27)(H,29,30)(H2,19,22,25)/t5?,7-,8?/m0/s1. The van der Waals surface area contributed by atoms with Gasteiger partial charge in [0.05, 0.1) is 22.2 Å². The Balaban J connectivity index is 1.55. The third kappa shape index (κ3) is 4.23. The number of hydrogen-bond donors (Lipinski definition) is 3. The largest absolute Gasteiger partial charge is 0.477 e. The molecule has 17 heteroatoms. The number of aliphatic carboxylic acids is 1. The van der Waals surface area contributed by atoms with Crippen LogP contribution in [0.25, 0.3) is 0 Å². The van der Waals surface area contributed by atoms with Gasteiger partial charge in [-0.2, -0.15) is 9.47 Å². The number of thioether (sulfide) groups is 1. The lowest BCUT2D eigenvalue weighted by molar-refractivity contribution is -0.156. The highest BCUT2D eigenvalue weighted by Gasteiger charge is 2.54. The van der Waals surface area contributed by atoms with Gasteiger partial charge in [0.15, 0.2) is 16.1 Å². The van der Waals surface area contributed by atoms with Crippen LogP contribution in [0.1, 0.15) is 24.7 Å². The van der Waals surface area contributed by atoms with Gasteiger partial charge in [0, 0.05) is 16.4 Å². The number of β-lactam (4-membered cyclic amide) rings is 1. The third-order valence-corrected chi connectivity index (χ3v) is 7.49. The number of rotatable bonds is 7. The maximum atomic E-state index is 12.8. The summed E-state index contributed by atoms with van der Waals surface area (Å²) >= 11 is 13.9. The van der Waals surface area contributed by atoms with Gasteiger partial charge >= 0.3 is 5.97 Å². The average molecular weight is 531 g/mol. The van der Waals surface area contributed by atoms with E-state index >= 15 is 0 Å². The van der Waals surface area contributed by atoms with Crippen LogP contribution >= 0.6 is 46.5 Å². The molecule has 0 aromatic carbocycles.